The van der Waals surface area contributed by atoms with Crippen LogP contribution in [0.1, 0.15) is 19.3 Å². The van der Waals surface area contributed by atoms with Crippen molar-refractivity contribution in [3.05, 3.63) is 0 Å². The average Bonchev–Trinajstić information content (AvgIpc) is 3.29. The Balaban J connectivity index is 1.42. The van der Waals surface area contributed by atoms with E-state index >= 15 is 0 Å². The lowest BCUT2D eigenvalue weighted by molar-refractivity contribution is -0.135. The van der Waals surface area contributed by atoms with Gasteiger partial charge in [-0.15, -0.1) is 0 Å². The number of hydrogen-bond acceptors (Lipinski definition) is 5. The van der Waals surface area contributed by atoms with Gasteiger partial charge in [-0.3, -0.25) is 9.59 Å². The number of nitrogens with zero attached hydrogens (tertiary/aromatic N) is 3. The Labute approximate surface area is 129 Å². The van der Waals surface area contributed by atoms with Gasteiger partial charge in [0.05, 0.1) is 25.0 Å². The molecule has 3 fully saturated rings. The fourth-order valence-electron chi connectivity index (χ4n) is 3.78. The molecule has 0 aromatic carbocycles. The predicted octanol–water partition coefficient (Wildman–Crippen LogP) is -0.141. The van der Waals surface area contributed by atoms with Gasteiger partial charge in [-0.1, -0.05) is 5.16 Å². The largest absolute Gasteiger partial charge is 0.389 e. The van der Waals surface area contributed by atoms with Gasteiger partial charge in [0.25, 0.3) is 5.91 Å². The Kier molecular flexibility index (Phi) is 3.52. The summed E-state index contributed by atoms with van der Waals surface area (Å²) in [7, 11) is 0. The van der Waals surface area contributed by atoms with Crippen molar-refractivity contribution in [3.63, 3.8) is 0 Å². The van der Waals surface area contributed by atoms with E-state index < -0.39 is 0 Å². The van der Waals surface area contributed by atoms with E-state index in [1.165, 1.54) is 0 Å². The molecule has 0 spiro atoms. The summed E-state index contributed by atoms with van der Waals surface area (Å²) in [6, 6.07) is 0. The van der Waals surface area contributed by atoms with E-state index in [1.807, 2.05) is 9.80 Å². The number of fused-ring (bicyclic) bond motifs is 1. The Morgan fingerprint density at radius 1 is 1.14 bits per heavy atom. The molecule has 4 rings (SSSR count). The second-order valence-corrected chi connectivity index (χ2v) is 6.53. The van der Waals surface area contributed by atoms with Crippen LogP contribution in [0.25, 0.3) is 0 Å². The molecule has 4 heterocycles. The van der Waals surface area contributed by atoms with E-state index in [4.69, 9.17) is 9.57 Å². The fourth-order valence-corrected chi connectivity index (χ4v) is 3.78. The molecule has 0 radical (unpaired) electrons. The second-order valence-electron chi connectivity index (χ2n) is 6.53. The maximum atomic E-state index is 12.5. The van der Waals surface area contributed by atoms with Crippen LogP contribution in [0.5, 0.6) is 0 Å². The summed E-state index contributed by atoms with van der Waals surface area (Å²) >= 11 is 0. The van der Waals surface area contributed by atoms with Crippen LogP contribution in [-0.4, -0.2) is 72.8 Å². The molecular weight excluding hydrogens is 286 g/mol. The van der Waals surface area contributed by atoms with Gasteiger partial charge in [0, 0.05) is 26.2 Å². The summed E-state index contributed by atoms with van der Waals surface area (Å²) < 4.78 is 5.30. The third-order valence-corrected chi connectivity index (χ3v) is 5.11. The van der Waals surface area contributed by atoms with Gasteiger partial charge in [-0.2, -0.15) is 0 Å². The number of hydrogen-bond donors (Lipinski definition) is 0. The Bertz CT molecular complexity index is 509. The quantitative estimate of drug-likeness (QED) is 0.712. The molecule has 0 bridgehead atoms. The van der Waals surface area contributed by atoms with Gasteiger partial charge in [-0.25, -0.2) is 0 Å². The zero-order valence-corrected chi connectivity index (χ0v) is 12.6. The summed E-state index contributed by atoms with van der Waals surface area (Å²) in [4.78, 5) is 34.1. The highest BCUT2D eigenvalue weighted by atomic mass is 16.6. The molecule has 0 N–H and O–H groups in total. The molecule has 120 valence electrons. The minimum Gasteiger partial charge on any atom is -0.389 e. The van der Waals surface area contributed by atoms with Crippen molar-refractivity contribution in [1.29, 1.82) is 0 Å². The lowest BCUT2D eigenvalue weighted by Crippen LogP contribution is -2.40. The highest BCUT2D eigenvalue weighted by Gasteiger charge is 2.48. The van der Waals surface area contributed by atoms with Crippen molar-refractivity contribution in [1.82, 2.24) is 9.80 Å². The smallest absolute Gasteiger partial charge is 0.272 e. The van der Waals surface area contributed by atoms with Gasteiger partial charge < -0.3 is 19.4 Å². The molecule has 0 aromatic rings. The standard InChI is InChI=1S/C15H21N3O4/c19-14(10-3-6-21-9-10)18-7-11-12(8-18)22-16-13(11)15(20)17-4-1-2-5-17/h10-12H,1-9H2/t10?,11-,12+/m0/s1. The third kappa shape index (κ3) is 2.27. The maximum absolute atomic E-state index is 12.5. The van der Waals surface area contributed by atoms with Crippen molar-refractivity contribution >= 4 is 17.5 Å². The van der Waals surface area contributed by atoms with Gasteiger partial charge in [0.1, 0.15) is 0 Å². The number of oxime groups is 1. The van der Waals surface area contributed by atoms with Gasteiger partial charge in [0.2, 0.25) is 5.91 Å². The molecule has 7 nitrogen and oxygen atoms in total. The Morgan fingerprint density at radius 3 is 2.68 bits per heavy atom. The monoisotopic (exact) mass is 307 g/mol. The van der Waals surface area contributed by atoms with Crippen LogP contribution in [0.4, 0.5) is 0 Å². The summed E-state index contributed by atoms with van der Waals surface area (Å²) in [5, 5.41) is 4.02. The lowest BCUT2D eigenvalue weighted by atomic mass is 10.00. The van der Waals surface area contributed by atoms with Crippen molar-refractivity contribution in [2.24, 2.45) is 17.0 Å². The molecular formula is C15H21N3O4. The van der Waals surface area contributed by atoms with E-state index in [0.29, 0.717) is 32.0 Å². The molecule has 0 aliphatic carbocycles. The summed E-state index contributed by atoms with van der Waals surface area (Å²) in [5.74, 6) is 0.0137. The molecule has 0 aromatic heterocycles. The van der Waals surface area contributed by atoms with Crippen molar-refractivity contribution in [2.75, 3.05) is 39.4 Å². The molecule has 1 unspecified atom stereocenters. The Morgan fingerprint density at radius 2 is 1.95 bits per heavy atom. The first-order valence-electron chi connectivity index (χ1n) is 8.13. The fraction of sp³-hybridized carbons (Fsp3) is 0.800. The van der Waals surface area contributed by atoms with E-state index in [0.717, 1.165) is 32.4 Å². The average molecular weight is 307 g/mol. The van der Waals surface area contributed by atoms with E-state index in [2.05, 4.69) is 5.16 Å². The van der Waals surface area contributed by atoms with Crippen LogP contribution in [0.15, 0.2) is 5.16 Å². The first-order chi connectivity index (χ1) is 10.7. The highest BCUT2D eigenvalue weighted by molar-refractivity contribution is 6.40. The van der Waals surface area contributed by atoms with Crippen LogP contribution in [-0.2, 0) is 19.2 Å². The van der Waals surface area contributed by atoms with Crippen molar-refractivity contribution in [3.8, 4) is 0 Å². The molecule has 0 saturated carbocycles. The minimum atomic E-state index is -0.159. The molecule has 2 amide bonds. The molecule has 3 saturated heterocycles. The molecule has 4 aliphatic rings. The SMILES string of the molecule is O=C(C1=NO[C@@H]2CN(C(=O)C3CCOC3)C[C@H]12)N1CCCC1. The molecule has 22 heavy (non-hydrogen) atoms. The summed E-state index contributed by atoms with van der Waals surface area (Å²) in [6.45, 7) is 3.85. The van der Waals surface area contributed by atoms with Gasteiger partial charge >= 0.3 is 0 Å². The normalized spacial score (nSPS) is 33.8. The topological polar surface area (TPSA) is 71.4 Å². The highest BCUT2D eigenvalue weighted by Crippen LogP contribution is 2.30. The van der Waals surface area contributed by atoms with Crippen molar-refractivity contribution < 1.29 is 19.2 Å². The van der Waals surface area contributed by atoms with Gasteiger partial charge in [-0.05, 0) is 19.3 Å². The first kappa shape index (κ1) is 14.0. The zero-order valence-electron chi connectivity index (χ0n) is 12.6. The maximum Gasteiger partial charge on any atom is 0.272 e. The zero-order chi connectivity index (χ0) is 15.1. The van der Waals surface area contributed by atoms with Crippen LogP contribution < -0.4 is 0 Å². The van der Waals surface area contributed by atoms with E-state index in [1.54, 1.807) is 0 Å². The summed E-state index contributed by atoms with van der Waals surface area (Å²) in [6.07, 6.45) is 2.74. The van der Waals surface area contributed by atoms with E-state index in [9.17, 15) is 9.59 Å². The number of rotatable bonds is 2. The van der Waals surface area contributed by atoms with Crippen LogP contribution >= 0.6 is 0 Å². The van der Waals surface area contributed by atoms with E-state index in [-0.39, 0.29) is 29.8 Å². The van der Waals surface area contributed by atoms with Crippen LogP contribution in [0.2, 0.25) is 0 Å². The second kappa shape index (κ2) is 5.53. The number of likely N-dealkylation sites (tertiary alicyclic amines) is 2. The molecule has 3 atom stereocenters. The minimum absolute atomic E-state index is 0.0106. The van der Waals surface area contributed by atoms with Crippen LogP contribution in [0, 0.1) is 11.8 Å². The number of amides is 2. The Hall–Kier alpha value is -1.63. The number of carbonyl (C=O) groups is 2. The van der Waals surface area contributed by atoms with Crippen molar-refractivity contribution in [2.45, 2.75) is 25.4 Å². The summed E-state index contributed by atoms with van der Waals surface area (Å²) in [5.41, 5.74) is 0.505. The number of ether oxygens (including phenoxy) is 1. The lowest BCUT2D eigenvalue weighted by Gasteiger charge is -2.20. The van der Waals surface area contributed by atoms with Gasteiger partial charge in [0.15, 0.2) is 11.8 Å². The molecule has 4 aliphatic heterocycles. The third-order valence-electron chi connectivity index (χ3n) is 5.11. The van der Waals surface area contributed by atoms with Crippen LogP contribution in [0.3, 0.4) is 0 Å². The first-order valence-corrected chi connectivity index (χ1v) is 8.13. The molecule has 7 heteroatoms. The predicted molar refractivity (Wildman–Crippen MR) is 77.1 cm³/mol. The number of carbonyl (C=O) groups excluding carboxylic acids is 2.